The number of likely N-dealkylation sites (tertiary alicyclic amines) is 1. The maximum absolute atomic E-state index is 12.7. The van der Waals surface area contributed by atoms with Crippen molar-refractivity contribution in [1.82, 2.24) is 4.90 Å². The van der Waals surface area contributed by atoms with Gasteiger partial charge in [-0.3, -0.25) is 9.59 Å². The lowest BCUT2D eigenvalue weighted by molar-refractivity contribution is -0.119. The van der Waals surface area contributed by atoms with Gasteiger partial charge in [-0.25, -0.2) is 0 Å². The highest BCUT2D eigenvalue weighted by atomic mass is 35.5. The molecule has 0 bridgehead atoms. The summed E-state index contributed by atoms with van der Waals surface area (Å²) in [5.41, 5.74) is 11.5. The van der Waals surface area contributed by atoms with E-state index >= 15 is 0 Å². The molecule has 2 amide bonds. The van der Waals surface area contributed by atoms with E-state index in [1.165, 1.54) is 0 Å². The van der Waals surface area contributed by atoms with Crippen molar-refractivity contribution < 1.29 is 14.3 Å². The first kappa shape index (κ1) is 19.3. The third-order valence-electron chi connectivity index (χ3n) is 4.09. The highest BCUT2D eigenvalue weighted by Gasteiger charge is 2.36. The average molecular weight is 342 g/mol. The van der Waals surface area contributed by atoms with Crippen LogP contribution in [0.15, 0.2) is 24.3 Å². The van der Waals surface area contributed by atoms with Gasteiger partial charge in [0.15, 0.2) is 6.61 Å². The summed E-state index contributed by atoms with van der Waals surface area (Å²) in [7, 11) is 0. The SMILES string of the molecule is CC1(C)CN(C(=O)c2ccccc2OCC(N)=O)CCC1N.Cl. The third-order valence-corrected chi connectivity index (χ3v) is 4.09. The van der Waals surface area contributed by atoms with Gasteiger partial charge in [0.25, 0.3) is 11.8 Å². The largest absolute Gasteiger partial charge is 0.483 e. The number of nitrogens with two attached hydrogens (primary N) is 2. The normalized spacial score (nSPS) is 19.6. The summed E-state index contributed by atoms with van der Waals surface area (Å²) < 4.78 is 5.34. The van der Waals surface area contributed by atoms with Gasteiger partial charge in [0.2, 0.25) is 0 Å². The summed E-state index contributed by atoms with van der Waals surface area (Å²) in [6.07, 6.45) is 0.767. The van der Waals surface area contributed by atoms with Crippen molar-refractivity contribution in [2.45, 2.75) is 26.3 Å². The van der Waals surface area contributed by atoms with Crippen LogP contribution in [0.1, 0.15) is 30.6 Å². The van der Waals surface area contributed by atoms with Crippen molar-refractivity contribution in [3.63, 3.8) is 0 Å². The van der Waals surface area contributed by atoms with Crippen LogP contribution in [0.5, 0.6) is 5.75 Å². The Morgan fingerprint density at radius 1 is 1.35 bits per heavy atom. The Morgan fingerprint density at radius 3 is 2.61 bits per heavy atom. The maximum atomic E-state index is 12.7. The number of ether oxygens (including phenoxy) is 1. The lowest BCUT2D eigenvalue weighted by Gasteiger charge is -2.42. The van der Waals surface area contributed by atoms with Crippen LogP contribution >= 0.6 is 12.4 Å². The van der Waals surface area contributed by atoms with Gasteiger partial charge >= 0.3 is 0 Å². The molecule has 6 nitrogen and oxygen atoms in total. The molecule has 1 aliphatic heterocycles. The number of hydrogen-bond acceptors (Lipinski definition) is 4. The van der Waals surface area contributed by atoms with Crippen molar-refractivity contribution >= 4 is 24.2 Å². The molecule has 1 unspecified atom stereocenters. The Hall–Kier alpha value is -1.79. The molecule has 1 fully saturated rings. The van der Waals surface area contributed by atoms with E-state index in [2.05, 4.69) is 13.8 Å². The number of para-hydroxylation sites is 1. The molecule has 7 heteroatoms. The van der Waals surface area contributed by atoms with E-state index in [4.69, 9.17) is 16.2 Å². The summed E-state index contributed by atoms with van der Waals surface area (Å²) in [6, 6.07) is 6.96. The van der Waals surface area contributed by atoms with E-state index in [9.17, 15) is 9.59 Å². The molecule has 1 aromatic carbocycles. The first-order valence-electron chi connectivity index (χ1n) is 7.36. The van der Waals surface area contributed by atoms with E-state index in [0.29, 0.717) is 24.4 Å². The van der Waals surface area contributed by atoms with Gasteiger partial charge in [0, 0.05) is 19.1 Å². The molecule has 4 N–H and O–H groups in total. The number of primary amides is 1. The van der Waals surface area contributed by atoms with Gasteiger partial charge in [-0.1, -0.05) is 26.0 Å². The average Bonchev–Trinajstić information content (AvgIpc) is 2.47. The molecule has 0 aromatic heterocycles. The second-order valence-corrected chi connectivity index (χ2v) is 6.36. The smallest absolute Gasteiger partial charge is 0.257 e. The number of nitrogens with zero attached hydrogens (tertiary/aromatic N) is 1. The molecule has 0 spiro atoms. The van der Waals surface area contributed by atoms with Crippen LogP contribution in [0.3, 0.4) is 0 Å². The molecule has 2 rings (SSSR count). The molecule has 1 heterocycles. The maximum Gasteiger partial charge on any atom is 0.257 e. The summed E-state index contributed by atoms with van der Waals surface area (Å²) in [4.78, 5) is 25.4. The molecular weight excluding hydrogens is 318 g/mol. The summed E-state index contributed by atoms with van der Waals surface area (Å²) in [5.74, 6) is -0.314. The molecule has 1 aliphatic rings. The highest BCUT2D eigenvalue weighted by molar-refractivity contribution is 5.97. The number of benzene rings is 1. The number of hydrogen-bond donors (Lipinski definition) is 2. The minimum atomic E-state index is -0.577. The third kappa shape index (κ3) is 4.59. The molecule has 1 saturated heterocycles. The Balaban J connectivity index is 0.00000264. The Labute approximate surface area is 142 Å². The van der Waals surface area contributed by atoms with Crippen LogP contribution in [-0.2, 0) is 4.79 Å². The van der Waals surface area contributed by atoms with Crippen LogP contribution < -0.4 is 16.2 Å². The Kier molecular flexibility index (Phi) is 6.41. The van der Waals surface area contributed by atoms with E-state index in [-0.39, 0.29) is 36.4 Å². The molecule has 23 heavy (non-hydrogen) atoms. The zero-order valence-corrected chi connectivity index (χ0v) is 14.3. The first-order chi connectivity index (χ1) is 10.3. The predicted octanol–water partition coefficient (Wildman–Crippen LogP) is 1.17. The van der Waals surface area contributed by atoms with Crippen LogP contribution in [0.4, 0.5) is 0 Å². The second-order valence-electron chi connectivity index (χ2n) is 6.36. The molecule has 1 atom stereocenters. The standard InChI is InChI=1S/C16H23N3O3.ClH/c1-16(2)10-19(8-7-13(16)17)15(21)11-5-3-4-6-12(11)22-9-14(18)20;/h3-6,13H,7-10,17H2,1-2H3,(H2,18,20);1H. The Morgan fingerprint density at radius 2 is 2.00 bits per heavy atom. The van der Waals surface area contributed by atoms with Crippen molar-refractivity contribution in [1.29, 1.82) is 0 Å². The zero-order chi connectivity index (χ0) is 16.3. The number of piperidine rings is 1. The predicted molar refractivity (Wildman–Crippen MR) is 90.7 cm³/mol. The number of carbonyl (C=O) groups excluding carboxylic acids is 2. The highest BCUT2D eigenvalue weighted by Crippen LogP contribution is 2.30. The monoisotopic (exact) mass is 341 g/mol. The van der Waals surface area contributed by atoms with Crippen LogP contribution in [0.2, 0.25) is 0 Å². The Bertz CT molecular complexity index is 577. The van der Waals surface area contributed by atoms with E-state index in [1.807, 2.05) is 0 Å². The van der Waals surface area contributed by atoms with Gasteiger partial charge in [0.05, 0.1) is 5.56 Å². The first-order valence-corrected chi connectivity index (χ1v) is 7.36. The molecule has 0 saturated carbocycles. The summed E-state index contributed by atoms with van der Waals surface area (Å²) in [5, 5.41) is 0. The fraction of sp³-hybridized carbons (Fsp3) is 0.500. The van der Waals surface area contributed by atoms with E-state index in [0.717, 1.165) is 6.42 Å². The van der Waals surface area contributed by atoms with Gasteiger partial charge in [-0.05, 0) is 24.0 Å². The van der Waals surface area contributed by atoms with E-state index in [1.54, 1.807) is 29.2 Å². The zero-order valence-electron chi connectivity index (χ0n) is 13.5. The second kappa shape index (κ2) is 7.66. The summed E-state index contributed by atoms with van der Waals surface area (Å²) in [6.45, 7) is 5.09. The number of halogens is 1. The molecule has 1 aromatic rings. The lowest BCUT2D eigenvalue weighted by atomic mass is 9.79. The minimum absolute atomic E-state index is 0. The van der Waals surface area contributed by atoms with E-state index < -0.39 is 5.91 Å². The molecule has 0 radical (unpaired) electrons. The van der Waals surface area contributed by atoms with Crippen LogP contribution in [0, 0.1) is 5.41 Å². The summed E-state index contributed by atoms with van der Waals surface area (Å²) >= 11 is 0. The quantitative estimate of drug-likeness (QED) is 0.858. The van der Waals surface area contributed by atoms with Gasteiger partial charge in [0.1, 0.15) is 5.75 Å². The number of carbonyl (C=O) groups is 2. The van der Waals surface area contributed by atoms with Crippen LogP contribution in [-0.4, -0.2) is 42.5 Å². The van der Waals surface area contributed by atoms with Gasteiger partial charge < -0.3 is 21.1 Å². The number of amides is 2. The van der Waals surface area contributed by atoms with Gasteiger partial charge in [-0.15, -0.1) is 12.4 Å². The van der Waals surface area contributed by atoms with Crippen molar-refractivity contribution in [2.75, 3.05) is 19.7 Å². The van der Waals surface area contributed by atoms with Gasteiger partial charge in [-0.2, -0.15) is 0 Å². The fourth-order valence-electron chi connectivity index (χ4n) is 2.64. The topological polar surface area (TPSA) is 98.6 Å². The fourth-order valence-corrected chi connectivity index (χ4v) is 2.64. The molecule has 0 aliphatic carbocycles. The molecule has 128 valence electrons. The number of rotatable bonds is 4. The van der Waals surface area contributed by atoms with Crippen molar-refractivity contribution in [2.24, 2.45) is 16.9 Å². The lowest BCUT2D eigenvalue weighted by Crippen LogP contribution is -2.54. The van der Waals surface area contributed by atoms with Crippen LogP contribution in [0.25, 0.3) is 0 Å². The van der Waals surface area contributed by atoms with Crippen molar-refractivity contribution in [3.05, 3.63) is 29.8 Å². The molecular formula is C16H24ClN3O3. The van der Waals surface area contributed by atoms with Crippen molar-refractivity contribution in [3.8, 4) is 5.75 Å². The minimum Gasteiger partial charge on any atom is -0.483 e.